The fraction of sp³-hybridized carbons (Fsp3) is 0.353. The second-order valence-corrected chi connectivity index (χ2v) is 4.64. The molecular weight excluding hydrogens is 299 g/mol. The number of carboxylic acid groups (broad SMARTS) is 1. The third-order valence-electron chi connectivity index (χ3n) is 3.04. The van der Waals surface area contributed by atoms with Gasteiger partial charge in [0, 0.05) is 30.4 Å². The van der Waals surface area contributed by atoms with Gasteiger partial charge in [0.15, 0.2) is 0 Å². The van der Waals surface area contributed by atoms with Gasteiger partial charge in [0.25, 0.3) is 0 Å². The van der Waals surface area contributed by atoms with Gasteiger partial charge >= 0.3 is 5.97 Å². The first-order valence-electron chi connectivity index (χ1n) is 7.10. The predicted molar refractivity (Wildman–Crippen MR) is 91.7 cm³/mol. The van der Waals surface area contributed by atoms with Crippen LogP contribution in [0.1, 0.15) is 36.6 Å². The maximum Gasteiger partial charge on any atom is 0.329 e. The molecule has 0 spiro atoms. The van der Waals surface area contributed by atoms with Gasteiger partial charge in [-0.3, -0.25) is 0 Å². The summed E-state index contributed by atoms with van der Waals surface area (Å²) >= 11 is 0. The lowest BCUT2D eigenvalue weighted by Crippen LogP contribution is -2.16. The van der Waals surface area contributed by atoms with Crippen LogP contribution in [0.2, 0.25) is 0 Å². The quantitative estimate of drug-likeness (QED) is 0.530. The Kier molecular flexibility index (Phi) is 12.4. The van der Waals surface area contributed by atoms with E-state index in [1.54, 1.807) is 0 Å². The van der Waals surface area contributed by atoms with Gasteiger partial charge in [0.05, 0.1) is 0 Å². The molecule has 6 heteroatoms. The molecule has 1 rings (SSSR count). The summed E-state index contributed by atoms with van der Waals surface area (Å²) in [6, 6.07) is 3.18. The molecule has 0 aliphatic carbocycles. The first kappa shape index (κ1) is 23.1. The second kappa shape index (κ2) is 12.4. The smallest absolute Gasteiger partial charge is 0.329 e. The highest BCUT2D eigenvalue weighted by atomic mass is 19.1. The summed E-state index contributed by atoms with van der Waals surface area (Å²) in [6.07, 6.45) is 2.37. The van der Waals surface area contributed by atoms with E-state index in [2.05, 4.69) is 23.8 Å². The Labute approximate surface area is 137 Å². The molecule has 130 valence electrons. The molecule has 0 aliphatic heterocycles. The number of hydrogen-bond acceptors (Lipinski definition) is 3. The molecule has 0 bridgehead atoms. The van der Waals surface area contributed by atoms with Crippen molar-refractivity contribution in [3.63, 3.8) is 0 Å². The summed E-state index contributed by atoms with van der Waals surface area (Å²) in [5.74, 6) is -1.27. The van der Waals surface area contributed by atoms with E-state index in [4.69, 9.17) is 5.11 Å². The minimum Gasteiger partial charge on any atom is -0.478 e. The van der Waals surface area contributed by atoms with E-state index in [9.17, 15) is 9.18 Å². The highest BCUT2D eigenvalue weighted by Gasteiger charge is 2.11. The number of carbonyl (C=O) groups is 1. The zero-order valence-corrected chi connectivity index (χ0v) is 13.9. The normalized spacial score (nSPS) is 11.1. The van der Waals surface area contributed by atoms with Crippen molar-refractivity contribution in [2.75, 3.05) is 6.54 Å². The SMILES string of the molecule is C=C.CCNCc1cc(C)c(C(C)N/C=C\C(=O)O)cc1F.O. The lowest BCUT2D eigenvalue weighted by atomic mass is 9.99. The zero-order chi connectivity index (χ0) is 17.1. The summed E-state index contributed by atoms with van der Waals surface area (Å²) in [6.45, 7) is 13.0. The molecule has 1 atom stereocenters. The van der Waals surface area contributed by atoms with Crippen molar-refractivity contribution in [2.45, 2.75) is 33.4 Å². The number of carboxylic acids is 1. The topological polar surface area (TPSA) is 92.9 Å². The van der Waals surface area contributed by atoms with Crippen molar-refractivity contribution in [1.82, 2.24) is 10.6 Å². The van der Waals surface area contributed by atoms with Crippen LogP contribution in [0.5, 0.6) is 0 Å². The van der Waals surface area contributed by atoms with E-state index in [0.717, 1.165) is 23.7 Å². The van der Waals surface area contributed by atoms with E-state index >= 15 is 0 Å². The van der Waals surface area contributed by atoms with E-state index in [1.807, 2.05) is 26.8 Å². The number of halogens is 1. The Morgan fingerprint density at radius 3 is 2.57 bits per heavy atom. The van der Waals surface area contributed by atoms with Crippen molar-refractivity contribution in [2.24, 2.45) is 0 Å². The molecule has 5 N–H and O–H groups in total. The molecule has 0 radical (unpaired) electrons. The van der Waals surface area contributed by atoms with Gasteiger partial charge in [-0.2, -0.15) is 0 Å². The molecule has 0 fully saturated rings. The fourth-order valence-corrected chi connectivity index (χ4v) is 1.97. The Morgan fingerprint density at radius 1 is 1.43 bits per heavy atom. The van der Waals surface area contributed by atoms with Crippen molar-refractivity contribution in [1.29, 1.82) is 0 Å². The summed E-state index contributed by atoms with van der Waals surface area (Å²) in [7, 11) is 0. The molecule has 0 aromatic heterocycles. The lowest BCUT2D eigenvalue weighted by Gasteiger charge is -2.17. The molecule has 0 heterocycles. The van der Waals surface area contributed by atoms with Crippen LogP contribution in [0.15, 0.2) is 37.6 Å². The minimum absolute atomic E-state index is 0. The van der Waals surface area contributed by atoms with Crippen LogP contribution in [-0.2, 0) is 11.3 Å². The highest BCUT2D eigenvalue weighted by Crippen LogP contribution is 2.21. The van der Waals surface area contributed by atoms with Crippen LogP contribution in [-0.4, -0.2) is 23.1 Å². The molecule has 0 amide bonds. The van der Waals surface area contributed by atoms with Gasteiger partial charge in [0.1, 0.15) is 5.82 Å². The minimum atomic E-state index is -1.02. The monoisotopic (exact) mass is 326 g/mol. The number of aryl methyl sites for hydroxylation is 1. The Bertz CT molecular complexity index is 519. The Balaban J connectivity index is 0. The standard InChI is InChI=1S/C15H21FN2O2.C2H4.H2O/c1-4-17-9-12-7-10(2)13(8-14(12)16)11(3)18-6-5-15(19)20;1-2;/h5-8,11,17-18H,4,9H2,1-3H3,(H,19,20);1-2H2;1H2/b6-5-;;. The molecule has 1 unspecified atom stereocenters. The van der Waals surface area contributed by atoms with Crippen LogP contribution in [0.25, 0.3) is 0 Å². The van der Waals surface area contributed by atoms with Crippen LogP contribution in [0, 0.1) is 12.7 Å². The molecule has 0 saturated carbocycles. The Morgan fingerprint density at radius 2 is 2.04 bits per heavy atom. The Hall–Kier alpha value is -2.18. The highest BCUT2D eigenvalue weighted by molar-refractivity contribution is 5.79. The van der Waals surface area contributed by atoms with E-state index in [1.165, 1.54) is 12.3 Å². The first-order valence-corrected chi connectivity index (χ1v) is 7.10. The fourth-order valence-electron chi connectivity index (χ4n) is 1.97. The van der Waals surface area contributed by atoms with E-state index in [-0.39, 0.29) is 17.3 Å². The summed E-state index contributed by atoms with van der Waals surface area (Å²) in [4.78, 5) is 10.4. The van der Waals surface area contributed by atoms with Gasteiger partial charge in [-0.05, 0) is 37.6 Å². The van der Waals surface area contributed by atoms with Crippen molar-refractivity contribution in [3.05, 3.63) is 60.1 Å². The predicted octanol–water partition coefficient (Wildman–Crippen LogP) is 2.47. The molecule has 23 heavy (non-hydrogen) atoms. The molecule has 1 aromatic carbocycles. The van der Waals surface area contributed by atoms with Crippen molar-refractivity contribution >= 4 is 5.97 Å². The number of aliphatic carboxylic acids is 1. The average Bonchev–Trinajstić information content (AvgIpc) is 2.49. The van der Waals surface area contributed by atoms with Gasteiger partial charge in [-0.15, -0.1) is 13.2 Å². The number of rotatable bonds is 7. The van der Waals surface area contributed by atoms with Gasteiger partial charge in [-0.25, -0.2) is 9.18 Å². The van der Waals surface area contributed by atoms with Crippen LogP contribution in [0.4, 0.5) is 4.39 Å². The van der Waals surface area contributed by atoms with E-state index in [0.29, 0.717) is 12.1 Å². The summed E-state index contributed by atoms with van der Waals surface area (Å²) in [5, 5.41) is 14.5. The summed E-state index contributed by atoms with van der Waals surface area (Å²) in [5.41, 5.74) is 2.43. The van der Waals surface area contributed by atoms with Gasteiger partial charge in [-0.1, -0.05) is 13.0 Å². The third-order valence-corrected chi connectivity index (χ3v) is 3.04. The van der Waals surface area contributed by atoms with Crippen LogP contribution < -0.4 is 10.6 Å². The average molecular weight is 326 g/mol. The number of benzene rings is 1. The number of hydrogen-bond donors (Lipinski definition) is 3. The van der Waals surface area contributed by atoms with Crippen molar-refractivity contribution < 1.29 is 19.8 Å². The van der Waals surface area contributed by atoms with Crippen LogP contribution >= 0.6 is 0 Å². The lowest BCUT2D eigenvalue weighted by molar-refractivity contribution is -0.131. The maximum absolute atomic E-state index is 14.0. The third kappa shape index (κ3) is 8.13. The first-order chi connectivity index (χ1) is 10.5. The second-order valence-electron chi connectivity index (χ2n) is 4.64. The maximum atomic E-state index is 14.0. The number of nitrogens with one attached hydrogen (secondary N) is 2. The van der Waals surface area contributed by atoms with Gasteiger partial charge in [0.2, 0.25) is 0 Å². The van der Waals surface area contributed by atoms with Crippen LogP contribution in [0.3, 0.4) is 0 Å². The van der Waals surface area contributed by atoms with Gasteiger partial charge < -0.3 is 21.2 Å². The molecular formula is C17H27FN2O3. The largest absolute Gasteiger partial charge is 0.478 e. The molecule has 5 nitrogen and oxygen atoms in total. The molecule has 0 aliphatic rings. The molecule has 0 saturated heterocycles. The van der Waals surface area contributed by atoms with E-state index < -0.39 is 5.97 Å². The summed E-state index contributed by atoms with van der Waals surface area (Å²) < 4.78 is 14.0. The van der Waals surface area contributed by atoms with Crippen molar-refractivity contribution in [3.8, 4) is 0 Å². The molecule has 1 aromatic rings. The zero-order valence-electron chi connectivity index (χ0n) is 13.9.